The Kier molecular flexibility index (Phi) is 4.59. The molecule has 0 bridgehead atoms. The molecule has 1 heterocycles. The fourth-order valence-corrected chi connectivity index (χ4v) is 4.79. The molecule has 1 nitrogen and oxygen atoms in total. The van der Waals surface area contributed by atoms with Crippen molar-refractivity contribution in [3.05, 3.63) is 56.7 Å². The van der Waals surface area contributed by atoms with E-state index in [2.05, 4.69) is 58.4 Å². The van der Waals surface area contributed by atoms with Crippen LogP contribution in [0.3, 0.4) is 0 Å². The molecule has 0 saturated heterocycles. The summed E-state index contributed by atoms with van der Waals surface area (Å²) in [6.45, 7) is 0. The predicted octanol–water partition coefficient (Wildman–Crippen LogP) is 5.00. The minimum absolute atomic E-state index is 0.143. The highest BCUT2D eigenvalue weighted by atomic mass is 79.9. The van der Waals surface area contributed by atoms with Gasteiger partial charge in [0.2, 0.25) is 0 Å². The Morgan fingerprint density at radius 3 is 2.60 bits per heavy atom. The summed E-state index contributed by atoms with van der Waals surface area (Å²) in [5, 5.41) is 10.3. The van der Waals surface area contributed by atoms with Crippen LogP contribution in [0.1, 0.15) is 35.6 Å². The van der Waals surface area contributed by atoms with Gasteiger partial charge in [0, 0.05) is 4.88 Å². The molecule has 0 amide bonds. The number of rotatable bonds is 3. The molecule has 3 heteroatoms. The second-order valence-corrected chi connectivity index (χ2v) is 8.21. The lowest BCUT2D eigenvalue weighted by Crippen LogP contribution is -2.29. The maximum atomic E-state index is 10.3. The van der Waals surface area contributed by atoms with Crippen LogP contribution in [0.25, 0.3) is 0 Å². The van der Waals surface area contributed by atoms with Crippen LogP contribution in [0.4, 0.5) is 0 Å². The third-order valence-corrected chi connectivity index (χ3v) is 5.95. The molecule has 3 rings (SSSR count). The average Bonchev–Trinajstić information content (AvgIpc) is 2.88. The van der Waals surface area contributed by atoms with E-state index in [1.165, 1.54) is 14.2 Å². The second kappa shape index (κ2) is 6.42. The van der Waals surface area contributed by atoms with Gasteiger partial charge in [-0.2, -0.15) is 0 Å². The van der Waals surface area contributed by atoms with E-state index < -0.39 is 0 Å². The van der Waals surface area contributed by atoms with Gasteiger partial charge in [0.1, 0.15) is 0 Å². The van der Waals surface area contributed by atoms with Gasteiger partial charge in [0.05, 0.1) is 9.89 Å². The van der Waals surface area contributed by atoms with Crippen molar-refractivity contribution in [1.29, 1.82) is 0 Å². The van der Waals surface area contributed by atoms with E-state index in [1.807, 2.05) is 0 Å². The van der Waals surface area contributed by atoms with Crippen molar-refractivity contribution in [1.82, 2.24) is 0 Å². The fourth-order valence-electron chi connectivity index (χ4n) is 3.22. The molecule has 1 aromatic carbocycles. The molecule has 3 unspecified atom stereocenters. The van der Waals surface area contributed by atoms with Crippen LogP contribution in [-0.4, -0.2) is 11.2 Å². The van der Waals surface area contributed by atoms with Gasteiger partial charge in [-0.05, 0) is 71.1 Å². The molecule has 1 aliphatic rings. The largest absolute Gasteiger partial charge is 0.393 e. The van der Waals surface area contributed by atoms with Gasteiger partial charge < -0.3 is 5.11 Å². The molecule has 0 radical (unpaired) electrons. The number of benzene rings is 1. The minimum Gasteiger partial charge on any atom is -0.393 e. The van der Waals surface area contributed by atoms with Crippen LogP contribution in [0.5, 0.6) is 0 Å². The standard InChI is InChI=1S/C17H19BrOS/c18-17-9-7-15(20-17)11-14-10-13(6-8-16(14)19)12-4-2-1-3-5-12/h1-5,7,9,13-14,16,19H,6,8,10-11H2. The molecule has 106 valence electrons. The molecule has 1 N–H and O–H groups in total. The van der Waals surface area contributed by atoms with Crippen molar-refractivity contribution in [2.24, 2.45) is 5.92 Å². The van der Waals surface area contributed by atoms with E-state index in [-0.39, 0.29) is 6.10 Å². The lowest BCUT2D eigenvalue weighted by Gasteiger charge is -2.33. The predicted molar refractivity (Wildman–Crippen MR) is 88.3 cm³/mol. The summed E-state index contributed by atoms with van der Waals surface area (Å²) in [6, 6.07) is 15.0. The monoisotopic (exact) mass is 350 g/mol. The Morgan fingerprint density at radius 1 is 1.10 bits per heavy atom. The lowest BCUT2D eigenvalue weighted by molar-refractivity contribution is 0.0624. The van der Waals surface area contributed by atoms with Crippen LogP contribution in [0.15, 0.2) is 46.3 Å². The first-order valence-corrected chi connectivity index (χ1v) is 8.80. The number of hydrogen-bond donors (Lipinski definition) is 1. The maximum Gasteiger partial charge on any atom is 0.0701 e. The number of hydrogen-bond acceptors (Lipinski definition) is 2. The van der Waals surface area contributed by atoms with E-state index >= 15 is 0 Å². The Morgan fingerprint density at radius 2 is 1.90 bits per heavy atom. The summed E-state index contributed by atoms with van der Waals surface area (Å²) in [6.07, 6.45) is 3.99. The normalized spacial score (nSPS) is 26.6. The van der Waals surface area contributed by atoms with Crippen molar-refractivity contribution in [2.45, 2.75) is 37.7 Å². The van der Waals surface area contributed by atoms with Gasteiger partial charge >= 0.3 is 0 Å². The average molecular weight is 351 g/mol. The number of halogens is 1. The summed E-state index contributed by atoms with van der Waals surface area (Å²) in [4.78, 5) is 1.37. The molecule has 3 atom stereocenters. The summed E-state index contributed by atoms with van der Waals surface area (Å²) in [7, 11) is 0. The van der Waals surface area contributed by atoms with E-state index in [0.29, 0.717) is 11.8 Å². The highest BCUT2D eigenvalue weighted by Gasteiger charge is 2.30. The number of aliphatic hydroxyl groups excluding tert-OH is 1. The van der Waals surface area contributed by atoms with Gasteiger partial charge in [-0.25, -0.2) is 0 Å². The summed E-state index contributed by atoms with van der Waals surface area (Å²) in [5.41, 5.74) is 1.43. The summed E-state index contributed by atoms with van der Waals surface area (Å²) >= 11 is 5.30. The third kappa shape index (κ3) is 3.33. The fraction of sp³-hybridized carbons (Fsp3) is 0.412. The smallest absolute Gasteiger partial charge is 0.0701 e. The van der Waals surface area contributed by atoms with Crippen molar-refractivity contribution in [2.75, 3.05) is 0 Å². The van der Waals surface area contributed by atoms with E-state index in [1.54, 1.807) is 11.3 Å². The van der Waals surface area contributed by atoms with Crippen LogP contribution in [0.2, 0.25) is 0 Å². The molecule has 1 aliphatic carbocycles. The maximum absolute atomic E-state index is 10.3. The van der Waals surface area contributed by atoms with Gasteiger partial charge in [0.25, 0.3) is 0 Å². The highest BCUT2D eigenvalue weighted by Crippen LogP contribution is 2.38. The first-order chi connectivity index (χ1) is 9.72. The highest BCUT2D eigenvalue weighted by molar-refractivity contribution is 9.11. The van der Waals surface area contributed by atoms with Crippen LogP contribution in [-0.2, 0) is 6.42 Å². The molecular formula is C17H19BrOS. The SMILES string of the molecule is OC1CCC(c2ccccc2)CC1Cc1ccc(Br)s1. The van der Waals surface area contributed by atoms with E-state index in [9.17, 15) is 5.11 Å². The second-order valence-electron chi connectivity index (χ2n) is 5.66. The van der Waals surface area contributed by atoms with Crippen molar-refractivity contribution >= 4 is 27.3 Å². The Balaban J connectivity index is 1.70. The topological polar surface area (TPSA) is 20.2 Å². The zero-order valence-electron chi connectivity index (χ0n) is 11.3. The van der Waals surface area contributed by atoms with Crippen molar-refractivity contribution in [3.8, 4) is 0 Å². The zero-order chi connectivity index (χ0) is 13.9. The van der Waals surface area contributed by atoms with Gasteiger partial charge in [0.15, 0.2) is 0 Å². The van der Waals surface area contributed by atoms with Gasteiger partial charge in [-0.1, -0.05) is 30.3 Å². The molecule has 0 aliphatic heterocycles. The number of aliphatic hydroxyl groups is 1. The summed E-state index contributed by atoms with van der Waals surface area (Å²) in [5.74, 6) is 0.993. The first-order valence-electron chi connectivity index (χ1n) is 7.19. The van der Waals surface area contributed by atoms with E-state index in [0.717, 1.165) is 25.7 Å². The molecule has 1 saturated carbocycles. The molecular weight excluding hydrogens is 332 g/mol. The van der Waals surface area contributed by atoms with Crippen molar-refractivity contribution in [3.63, 3.8) is 0 Å². The summed E-state index contributed by atoms with van der Waals surface area (Å²) < 4.78 is 1.18. The molecule has 1 aromatic heterocycles. The first kappa shape index (κ1) is 14.3. The van der Waals surface area contributed by atoms with Crippen molar-refractivity contribution < 1.29 is 5.11 Å². The molecule has 20 heavy (non-hydrogen) atoms. The lowest BCUT2D eigenvalue weighted by atomic mass is 9.75. The Bertz CT molecular complexity index is 551. The Hall–Kier alpha value is -0.640. The van der Waals surface area contributed by atoms with Crippen LogP contribution >= 0.6 is 27.3 Å². The third-order valence-electron chi connectivity index (χ3n) is 4.31. The van der Waals surface area contributed by atoms with Gasteiger partial charge in [-0.15, -0.1) is 11.3 Å². The molecule has 1 fully saturated rings. The zero-order valence-corrected chi connectivity index (χ0v) is 13.7. The minimum atomic E-state index is -0.143. The van der Waals surface area contributed by atoms with Crippen LogP contribution in [0, 0.1) is 5.92 Å². The molecule has 2 aromatic rings. The molecule has 0 spiro atoms. The van der Waals surface area contributed by atoms with Gasteiger partial charge in [-0.3, -0.25) is 0 Å². The van der Waals surface area contributed by atoms with Crippen LogP contribution < -0.4 is 0 Å². The van der Waals surface area contributed by atoms with E-state index in [4.69, 9.17) is 0 Å². The number of thiophene rings is 1. The Labute approximate surface area is 132 Å². The quantitative estimate of drug-likeness (QED) is 0.825.